The van der Waals surface area contributed by atoms with Crippen molar-refractivity contribution in [3.8, 4) is 5.75 Å². The largest absolute Gasteiger partial charge is 0.494 e. The van der Waals surface area contributed by atoms with Crippen LogP contribution in [0.3, 0.4) is 0 Å². The minimum atomic E-state index is -0.359. The van der Waals surface area contributed by atoms with Crippen LogP contribution < -0.4 is 15.4 Å². The van der Waals surface area contributed by atoms with Crippen LogP contribution in [0.15, 0.2) is 57.9 Å². The third-order valence-electron chi connectivity index (χ3n) is 3.98. The standard InChI is InChI=1S/C20H17N3O4S/c24-18-17(28-20(25)23-18)12-13-6-8-14(9-7-13)26-11-3-10-21-19-22-15-4-1-2-5-16(15)27-19/h1-2,4-9,12H,3,10-11H2,(H,21,22)(H,23,24,25). The molecule has 2 aromatic carbocycles. The monoisotopic (exact) mass is 395 g/mol. The van der Waals surface area contributed by atoms with Gasteiger partial charge in [-0.1, -0.05) is 24.3 Å². The Morgan fingerprint density at radius 1 is 1.14 bits per heavy atom. The zero-order valence-corrected chi connectivity index (χ0v) is 15.6. The van der Waals surface area contributed by atoms with Gasteiger partial charge < -0.3 is 14.5 Å². The first-order valence-electron chi connectivity index (χ1n) is 8.74. The molecule has 7 nitrogen and oxygen atoms in total. The molecule has 142 valence electrons. The van der Waals surface area contributed by atoms with Gasteiger partial charge in [0.15, 0.2) is 5.58 Å². The number of nitrogens with one attached hydrogen (secondary N) is 2. The van der Waals surface area contributed by atoms with E-state index < -0.39 is 0 Å². The summed E-state index contributed by atoms with van der Waals surface area (Å²) in [6, 6.07) is 15.5. The molecular formula is C20H17N3O4S. The number of benzene rings is 2. The highest BCUT2D eigenvalue weighted by Crippen LogP contribution is 2.26. The third-order valence-corrected chi connectivity index (χ3v) is 4.79. The zero-order chi connectivity index (χ0) is 19.3. The van der Waals surface area contributed by atoms with Gasteiger partial charge in [-0.15, -0.1) is 0 Å². The Balaban J connectivity index is 1.22. The van der Waals surface area contributed by atoms with Crippen LogP contribution in [0.2, 0.25) is 0 Å². The van der Waals surface area contributed by atoms with Crippen molar-refractivity contribution in [3.05, 3.63) is 59.0 Å². The van der Waals surface area contributed by atoms with Crippen molar-refractivity contribution in [2.45, 2.75) is 6.42 Å². The lowest BCUT2D eigenvalue weighted by Gasteiger charge is -2.06. The number of amides is 2. The van der Waals surface area contributed by atoms with Crippen LogP contribution in [0.25, 0.3) is 17.2 Å². The minimum absolute atomic E-state index is 0.345. The van der Waals surface area contributed by atoms with Crippen molar-refractivity contribution in [3.63, 3.8) is 0 Å². The molecule has 1 fully saturated rings. The quantitative estimate of drug-likeness (QED) is 0.461. The molecule has 2 heterocycles. The summed E-state index contributed by atoms with van der Waals surface area (Å²) in [5.74, 6) is 0.380. The van der Waals surface area contributed by atoms with Crippen LogP contribution in [0.5, 0.6) is 5.75 Å². The molecule has 1 aromatic heterocycles. The van der Waals surface area contributed by atoms with E-state index >= 15 is 0 Å². The van der Waals surface area contributed by atoms with Crippen LogP contribution in [0, 0.1) is 0 Å². The van der Waals surface area contributed by atoms with Crippen LogP contribution in [-0.4, -0.2) is 29.3 Å². The molecular weight excluding hydrogens is 378 g/mol. The van der Waals surface area contributed by atoms with Gasteiger partial charge in [0.25, 0.3) is 17.2 Å². The average molecular weight is 395 g/mol. The van der Waals surface area contributed by atoms with E-state index in [-0.39, 0.29) is 11.1 Å². The number of nitrogens with zero attached hydrogens (tertiary/aromatic N) is 1. The highest BCUT2D eigenvalue weighted by atomic mass is 32.2. The van der Waals surface area contributed by atoms with Crippen LogP contribution in [0.4, 0.5) is 10.8 Å². The SMILES string of the molecule is O=C1NC(=O)C(=Cc2ccc(OCCCNc3nc4ccccc4o3)cc2)S1. The first-order valence-corrected chi connectivity index (χ1v) is 9.56. The molecule has 8 heteroatoms. The smallest absolute Gasteiger partial charge is 0.295 e. The summed E-state index contributed by atoms with van der Waals surface area (Å²) in [7, 11) is 0. The fraction of sp³-hybridized carbons (Fsp3) is 0.150. The van der Waals surface area contributed by atoms with Crippen molar-refractivity contribution in [1.82, 2.24) is 10.3 Å². The van der Waals surface area contributed by atoms with E-state index in [9.17, 15) is 9.59 Å². The number of fused-ring (bicyclic) bond motifs is 1. The number of aromatic nitrogens is 1. The van der Waals surface area contributed by atoms with Crippen LogP contribution in [0.1, 0.15) is 12.0 Å². The number of rotatable bonds is 7. The summed E-state index contributed by atoms with van der Waals surface area (Å²) in [4.78, 5) is 27.5. The molecule has 4 rings (SSSR count). The maximum atomic E-state index is 11.5. The van der Waals surface area contributed by atoms with Gasteiger partial charge in [0.1, 0.15) is 11.3 Å². The zero-order valence-electron chi connectivity index (χ0n) is 14.8. The summed E-state index contributed by atoms with van der Waals surface area (Å²) in [6.45, 7) is 1.22. The van der Waals surface area contributed by atoms with E-state index in [0.717, 1.165) is 40.6 Å². The number of para-hydroxylation sites is 2. The Hall–Kier alpha value is -3.26. The number of oxazole rings is 1. The molecule has 0 bridgehead atoms. The molecule has 0 radical (unpaired) electrons. The summed E-state index contributed by atoms with van der Waals surface area (Å²) < 4.78 is 11.3. The fourth-order valence-electron chi connectivity index (χ4n) is 2.64. The molecule has 0 spiro atoms. The second-order valence-corrected chi connectivity index (χ2v) is 7.05. The first-order chi connectivity index (χ1) is 13.7. The van der Waals surface area contributed by atoms with Gasteiger partial charge in [0.05, 0.1) is 11.5 Å². The van der Waals surface area contributed by atoms with Gasteiger partial charge in [-0.3, -0.25) is 14.9 Å². The summed E-state index contributed by atoms with van der Waals surface area (Å²) >= 11 is 0.902. The number of carbonyl (C=O) groups excluding carboxylic acids is 2. The molecule has 0 saturated carbocycles. The van der Waals surface area contributed by atoms with E-state index in [1.807, 2.05) is 48.5 Å². The number of carbonyl (C=O) groups is 2. The van der Waals surface area contributed by atoms with Gasteiger partial charge in [0.2, 0.25) is 0 Å². The van der Waals surface area contributed by atoms with Crippen molar-refractivity contribution in [2.24, 2.45) is 0 Å². The molecule has 0 unspecified atom stereocenters. The van der Waals surface area contributed by atoms with E-state index in [2.05, 4.69) is 15.6 Å². The number of hydrogen-bond donors (Lipinski definition) is 2. The molecule has 1 saturated heterocycles. The average Bonchev–Trinajstić information content (AvgIpc) is 3.24. The van der Waals surface area contributed by atoms with Gasteiger partial charge in [-0.2, -0.15) is 4.98 Å². The van der Waals surface area contributed by atoms with Crippen molar-refractivity contribution >= 4 is 46.1 Å². The Kier molecular flexibility index (Phi) is 5.29. The van der Waals surface area contributed by atoms with Gasteiger partial charge in [0, 0.05) is 6.54 Å². The number of hydrogen-bond acceptors (Lipinski definition) is 7. The highest BCUT2D eigenvalue weighted by Gasteiger charge is 2.24. The molecule has 28 heavy (non-hydrogen) atoms. The maximum Gasteiger partial charge on any atom is 0.295 e. The molecule has 2 N–H and O–H groups in total. The van der Waals surface area contributed by atoms with Crippen molar-refractivity contribution in [1.29, 1.82) is 0 Å². The van der Waals surface area contributed by atoms with E-state index in [0.29, 0.717) is 24.1 Å². The van der Waals surface area contributed by atoms with Crippen molar-refractivity contribution < 1.29 is 18.7 Å². The number of ether oxygens (including phenoxy) is 1. The predicted molar refractivity (Wildman–Crippen MR) is 108 cm³/mol. The van der Waals surface area contributed by atoms with Gasteiger partial charge in [-0.05, 0) is 54.1 Å². The Bertz CT molecular complexity index is 1010. The molecule has 0 atom stereocenters. The summed E-state index contributed by atoms with van der Waals surface area (Å²) in [6.07, 6.45) is 2.46. The molecule has 1 aliphatic rings. The van der Waals surface area contributed by atoms with Crippen molar-refractivity contribution in [2.75, 3.05) is 18.5 Å². The molecule has 0 aliphatic carbocycles. The van der Waals surface area contributed by atoms with E-state index in [1.54, 1.807) is 6.08 Å². The van der Waals surface area contributed by atoms with E-state index in [4.69, 9.17) is 9.15 Å². The third kappa shape index (κ3) is 4.34. The lowest BCUT2D eigenvalue weighted by Crippen LogP contribution is -2.17. The van der Waals surface area contributed by atoms with Crippen LogP contribution >= 0.6 is 11.8 Å². The van der Waals surface area contributed by atoms with Gasteiger partial charge in [-0.25, -0.2) is 0 Å². The first kappa shape index (κ1) is 18.1. The Morgan fingerprint density at radius 3 is 2.71 bits per heavy atom. The number of thioether (sulfide) groups is 1. The second kappa shape index (κ2) is 8.18. The minimum Gasteiger partial charge on any atom is -0.494 e. The molecule has 3 aromatic rings. The lowest BCUT2D eigenvalue weighted by molar-refractivity contribution is -0.115. The molecule has 1 aliphatic heterocycles. The normalized spacial score (nSPS) is 15.2. The Labute approximate surface area is 165 Å². The molecule has 2 amide bonds. The van der Waals surface area contributed by atoms with E-state index in [1.165, 1.54) is 0 Å². The van der Waals surface area contributed by atoms with Gasteiger partial charge >= 0.3 is 0 Å². The Morgan fingerprint density at radius 2 is 1.96 bits per heavy atom. The second-order valence-electron chi connectivity index (χ2n) is 6.04. The predicted octanol–water partition coefficient (Wildman–Crippen LogP) is 4.03. The number of imide groups is 1. The highest BCUT2D eigenvalue weighted by molar-refractivity contribution is 8.18. The summed E-state index contributed by atoms with van der Waals surface area (Å²) in [5.41, 5.74) is 2.42. The van der Waals surface area contributed by atoms with Crippen LogP contribution in [-0.2, 0) is 4.79 Å². The summed E-state index contributed by atoms with van der Waals surface area (Å²) in [5, 5.41) is 5.03. The maximum absolute atomic E-state index is 11.5. The lowest BCUT2D eigenvalue weighted by atomic mass is 10.2. The fourth-order valence-corrected chi connectivity index (χ4v) is 3.32. The number of anilines is 1. The topological polar surface area (TPSA) is 93.5 Å².